The maximum Gasteiger partial charge on any atom is 0.410 e. The van der Waals surface area contributed by atoms with Crippen LogP contribution in [-0.4, -0.2) is 61.4 Å². The van der Waals surface area contributed by atoms with Gasteiger partial charge in [0.25, 0.3) is 0 Å². The third kappa shape index (κ3) is 4.13. The third-order valence-electron chi connectivity index (χ3n) is 5.40. The molecule has 144 valence electrons. The average molecular weight is 362 g/mol. The molecule has 2 fully saturated rings. The summed E-state index contributed by atoms with van der Waals surface area (Å²) in [5, 5.41) is 0. The largest absolute Gasteiger partial charge is 0.496 e. The minimum Gasteiger partial charge on any atom is -0.496 e. The summed E-state index contributed by atoms with van der Waals surface area (Å²) in [5.74, 6) is 0.873. The van der Waals surface area contributed by atoms with Gasteiger partial charge in [0.1, 0.15) is 11.4 Å². The van der Waals surface area contributed by atoms with Crippen molar-refractivity contribution in [1.29, 1.82) is 0 Å². The number of amides is 1. The molecule has 3 rings (SSSR count). The number of nitrogens with zero attached hydrogens (tertiary/aromatic N) is 2. The van der Waals surface area contributed by atoms with E-state index in [1.54, 1.807) is 12.0 Å². The van der Waals surface area contributed by atoms with E-state index in [-0.39, 0.29) is 11.7 Å². The lowest BCUT2D eigenvalue weighted by Crippen LogP contribution is -2.46. The van der Waals surface area contributed by atoms with Gasteiger partial charge in [-0.1, -0.05) is 6.07 Å². The van der Waals surface area contributed by atoms with Crippen LogP contribution in [0.5, 0.6) is 5.75 Å². The number of likely N-dealkylation sites (N-methyl/N-ethyl adjacent to an activating group) is 1. The molecular weight excluding hydrogens is 332 g/mol. The van der Waals surface area contributed by atoms with Crippen LogP contribution in [-0.2, 0) is 22.6 Å². The molecule has 26 heavy (non-hydrogen) atoms. The Hall–Kier alpha value is -1.79. The van der Waals surface area contributed by atoms with E-state index in [0.717, 1.165) is 56.9 Å². The second-order valence-corrected chi connectivity index (χ2v) is 7.12. The summed E-state index contributed by atoms with van der Waals surface area (Å²) < 4.78 is 16.7. The Balaban J connectivity index is 1.58. The Morgan fingerprint density at radius 3 is 2.62 bits per heavy atom. The molecule has 0 bridgehead atoms. The van der Waals surface area contributed by atoms with Gasteiger partial charge in [-0.15, -0.1) is 0 Å². The molecule has 2 aliphatic rings. The lowest BCUT2D eigenvalue weighted by Gasteiger charge is -2.37. The zero-order valence-electron chi connectivity index (χ0n) is 16.1. The van der Waals surface area contributed by atoms with Crippen LogP contribution in [0.4, 0.5) is 4.79 Å². The van der Waals surface area contributed by atoms with Crippen LogP contribution in [0.2, 0.25) is 0 Å². The topological polar surface area (TPSA) is 51.2 Å². The lowest BCUT2D eigenvalue weighted by molar-refractivity contribution is -0.00124. The smallest absolute Gasteiger partial charge is 0.410 e. The van der Waals surface area contributed by atoms with E-state index in [9.17, 15) is 4.79 Å². The fraction of sp³-hybridized carbons (Fsp3) is 0.650. The van der Waals surface area contributed by atoms with Gasteiger partial charge in [-0.3, -0.25) is 4.90 Å². The van der Waals surface area contributed by atoms with Gasteiger partial charge in [0, 0.05) is 51.2 Å². The van der Waals surface area contributed by atoms with Gasteiger partial charge in [0.15, 0.2) is 0 Å². The molecule has 1 amide bonds. The predicted molar refractivity (Wildman–Crippen MR) is 99.3 cm³/mol. The van der Waals surface area contributed by atoms with Crippen molar-refractivity contribution >= 4 is 6.09 Å². The summed E-state index contributed by atoms with van der Waals surface area (Å²) >= 11 is 0. The number of benzene rings is 1. The molecular formula is C20H30N2O4. The van der Waals surface area contributed by atoms with Crippen LogP contribution in [0, 0.1) is 0 Å². The molecule has 1 aromatic rings. The number of carbonyl (C=O) groups is 1. The molecule has 6 heteroatoms. The van der Waals surface area contributed by atoms with E-state index in [1.165, 1.54) is 5.56 Å². The fourth-order valence-electron chi connectivity index (χ4n) is 3.83. The van der Waals surface area contributed by atoms with Gasteiger partial charge in [0.05, 0.1) is 20.3 Å². The Morgan fingerprint density at radius 1 is 1.23 bits per heavy atom. The molecule has 2 saturated heterocycles. The summed E-state index contributed by atoms with van der Waals surface area (Å²) in [7, 11) is 1.69. The number of methoxy groups -OCH3 is 1. The van der Waals surface area contributed by atoms with Gasteiger partial charge >= 0.3 is 6.09 Å². The van der Waals surface area contributed by atoms with Crippen molar-refractivity contribution in [3.05, 3.63) is 29.3 Å². The summed E-state index contributed by atoms with van der Waals surface area (Å²) in [4.78, 5) is 16.1. The van der Waals surface area contributed by atoms with Gasteiger partial charge in [-0.25, -0.2) is 4.79 Å². The van der Waals surface area contributed by atoms with Gasteiger partial charge < -0.3 is 19.1 Å². The summed E-state index contributed by atoms with van der Waals surface area (Å²) in [5.41, 5.74) is 2.07. The molecule has 0 aliphatic carbocycles. The van der Waals surface area contributed by atoms with Crippen molar-refractivity contribution < 1.29 is 19.0 Å². The standard InChI is InChI=1S/C20H30N2O4/c1-4-22-15-20(26-19(22)23)8-10-21(11-9-20)13-16-6-7-18(24-3)17(12-16)14-25-5-2/h6-7,12H,4-5,8-11,13-15H2,1-3H3. The number of hydrogen-bond donors (Lipinski definition) is 0. The molecule has 0 N–H and O–H groups in total. The van der Waals surface area contributed by atoms with Crippen LogP contribution in [0.25, 0.3) is 0 Å². The second kappa shape index (κ2) is 8.27. The maximum absolute atomic E-state index is 11.9. The fourth-order valence-corrected chi connectivity index (χ4v) is 3.83. The van der Waals surface area contributed by atoms with Crippen molar-refractivity contribution in [2.45, 2.75) is 45.4 Å². The lowest BCUT2D eigenvalue weighted by atomic mass is 9.91. The van der Waals surface area contributed by atoms with E-state index in [1.807, 2.05) is 19.9 Å². The first-order valence-electron chi connectivity index (χ1n) is 9.53. The van der Waals surface area contributed by atoms with Crippen molar-refractivity contribution in [2.75, 3.05) is 39.9 Å². The highest BCUT2D eigenvalue weighted by Gasteiger charge is 2.46. The molecule has 6 nitrogen and oxygen atoms in total. The van der Waals surface area contributed by atoms with E-state index in [2.05, 4.69) is 17.0 Å². The highest BCUT2D eigenvalue weighted by atomic mass is 16.6. The number of rotatable bonds is 7. The zero-order chi connectivity index (χ0) is 18.6. The highest BCUT2D eigenvalue weighted by molar-refractivity contribution is 5.70. The van der Waals surface area contributed by atoms with Gasteiger partial charge in [-0.05, 0) is 31.5 Å². The molecule has 2 heterocycles. The number of ether oxygens (including phenoxy) is 3. The quantitative estimate of drug-likeness (QED) is 0.746. The first-order chi connectivity index (χ1) is 12.6. The van der Waals surface area contributed by atoms with Crippen molar-refractivity contribution in [3.63, 3.8) is 0 Å². The minimum absolute atomic E-state index is 0.156. The number of piperidine rings is 1. The normalized spacial score (nSPS) is 19.8. The average Bonchev–Trinajstić information content (AvgIpc) is 2.97. The first-order valence-corrected chi connectivity index (χ1v) is 9.53. The van der Waals surface area contributed by atoms with Crippen LogP contribution in [0.15, 0.2) is 18.2 Å². The van der Waals surface area contributed by atoms with E-state index >= 15 is 0 Å². The summed E-state index contributed by atoms with van der Waals surface area (Å²) in [6.45, 7) is 9.48. The summed E-state index contributed by atoms with van der Waals surface area (Å²) in [6, 6.07) is 6.31. The first kappa shape index (κ1) is 19.0. The number of carbonyl (C=O) groups excluding carboxylic acids is 1. The molecule has 0 atom stereocenters. The SMILES string of the molecule is CCOCc1cc(CN2CCC3(CC2)CN(CC)C(=O)O3)ccc1OC. The Bertz CT molecular complexity index is 626. The summed E-state index contributed by atoms with van der Waals surface area (Å²) in [6.07, 6.45) is 1.64. The van der Waals surface area contributed by atoms with Crippen molar-refractivity contribution in [2.24, 2.45) is 0 Å². The molecule has 2 aliphatic heterocycles. The molecule has 0 unspecified atom stereocenters. The van der Waals surface area contributed by atoms with Crippen LogP contribution in [0.3, 0.4) is 0 Å². The van der Waals surface area contributed by atoms with Crippen molar-refractivity contribution in [3.8, 4) is 5.75 Å². The Kier molecular flexibility index (Phi) is 6.04. The molecule has 1 aromatic carbocycles. The number of hydrogen-bond acceptors (Lipinski definition) is 5. The molecule has 0 saturated carbocycles. The Labute approximate surface area is 156 Å². The molecule has 1 spiro atoms. The second-order valence-electron chi connectivity index (χ2n) is 7.12. The zero-order valence-corrected chi connectivity index (χ0v) is 16.1. The van der Waals surface area contributed by atoms with Crippen LogP contribution in [0.1, 0.15) is 37.8 Å². The molecule has 0 radical (unpaired) electrons. The van der Waals surface area contributed by atoms with E-state index in [0.29, 0.717) is 13.2 Å². The predicted octanol–water partition coefficient (Wildman–Crippen LogP) is 3.04. The minimum atomic E-state index is -0.274. The van der Waals surface area contributed by atoms with E-state index in [4.69, 9.17) is 14.2 Å². The monoisotopic (exact) mass is 362 g/mol. The van der Waals surface area contributed by atoms with Crippen molar-refractivity contribution in [1.82, 2.24) is 9.80 Å². The third-order valence-corrected chi connectivity index (χ3v) is 5.40. The number of likely N-dealkylation sites (tertiary alicyclic amines) is 1. The van der Waals surface area contributed by atoms with E-state index < -0.39 is 0 Å². The maximum atomic E-state index is 11.9. The highest BCUT2D eigenvalue weighted by Crippen LogP contribution is 2.33. The van der Waals surface area contributed by atoms with Crippen LogP contribution < -0.4 is 4.74 Å². The van der Waals surface area contributed by atoms with Gasteiger partial charge in [-0.2, -0.15) is 0 Å². The Morgan fingerprint density at radius 2 is 2.00 bits per heavy atom. The van der Waals surface area contributed by atoms with Crippen LogP contribution >= 0.6 is 0 Å². The molecule has 0 aromatic heterocycles. The van der Waals surface area contributed by atoms with Gasteiger partial charge in [0.2, 0.25) is 0 Å².